The van der Waals surface area contributed by atoms with Gasteiger partial charge in [0, 0.05) is 32.7 Å². The fourth-order valence-corrected chi connectivity index (χ4v) is 5.89. The molecule has 3 aliphatic rings. The summed E-state index contributed by atoms with van der Waals surface area (Å²) in [4.78, 5) is 41.7. The van der Waals surface area contributed by atoms with Gasteiger partial charge >= 0.3 is 6.03 Å². The molecule has 1 aromatic rings. The Morgan fingerprint density at radius 2 is 1.81 bits per heavy atom. The van der Waals surface area contributed by atoms with Gasteiger partial charge in [-0.1, -0.05) is 20.3 Å². The first-order valence-corrected chi connectivity index (χ1v) is 13.7. The van der Waals surface area contributed by atoms with E-state index in [1.54, 1.807) is 6.92 Å². The number of imide groups is 1. The molecule has 0 aromatic heterocycles. The number of carbonyl (C=O) groups is 3. The molecule has 3 heterocycles. The van der Waals surface area contributed by atoms with Crippen LogP contribution >= 0.6 is 0 Å². The van der Waals surface area contributed by atoms with Gasteiger partial charge < -0.3 is 15.0 Å². The number of sulfonamides is 1. The number of fused-ring (bicyclic) bond motifs is 1. The zero-order chi connectivity index (χ0) is 26.0. The quantitative estimate of drug-likeness (QED) is 0.373. The Kier molecular flexibility index (Phi) is 7.62. The van der Waals surface area contributed by atoms with Gasteiger partial charge in [-0.05, 0) is 38.1 Å². The van der Waals surface area contributed by atoms with Gasteiger partial charge in [0.05, 0.1) is 17.1 Å². The van der Waals surface area contributed by atoms with Gasteiger partial charge in [-0.2, -0.15) is 9.31 Å². The summed E-state index contributed by atoms with van der Waals surface area (Å²) in [5.74, 6) is -1.08. The number of likely N-dealkylation sites (N-methyl/N-ethyl adjacent to an activating group) is 1. The minimum absolute atomic E-state index is 0.0263. The third-order valence-corrected chi connectivity index (χ3v) is 8.42. The number of ether oxygens (including phenoxy) is 1. The molecule has 36 heavy (non-hydrogen) atoms. The first-order valence-electron chi connectivity index (χ1n) is 12.3. The van der Waals surface area contributed by atoms with Crippen LogP contribution in [0.3, 0.4) is 0 Å². The Morgan fingerprint density at radius 3 is 2.44 bits per heavy atom. The number of unbranched alkanes of at least 4 members (excludes halogenated alkanes) is 1. The highest BCUT2D eigenvalue weighted by Gasteiger charge is 2.52. The van der Waals surface area contributed by atoms with Crippen LogP contribution in [0.1, 0.15) is 39.2 Å². The molecule has 0 bridgehead atoms. The number of hydrazone groups is 1. The van der Waals surface area contributed by atoms with E-state index in [4.69, 9.17) is 4.74 Å². The van der Waals surface area contributed by atoms with Crippen LogP contribution in [0, 0.1) is 0 Å². The average molecular weight is 521 g/mol. The maximum Gasteiger partial charge on any atom is 0.348 e. The number of rotatable bonds is 9. The Labute approximate surface area is 210 Å². The summed E-state index contributed by atoms with van der Waals surface area (Å²) in [5, 5.41) is 7.71. The summed E-state index contributed by atoms with van der Waals surface area (Å²) in [6.07, 6.45) is 1.38. The monoisotopic (exact) mass is 520 g/mol. The number of amides is 4. The number of piperazine rings is 1. The van der Waals surface area contributed by atoms with Crippen molar-refractivity contribution in [1.29, 1.82) is 0 Å². The van der Waals surface area contributed by atoms with Gasteiger partial charge in [-0.25, -0.2) is 13.2 Å². The van der Waals surface area contributed by atoms with Gasteiger partial charge in [0.1, 0.15) is 5.75 Å². The van der Waals surface area contributed by atoms with Crippen LogP contribution in [0.5, 0.6) is 5.75 Å². The summed E-state index contributed by atoms with van der Waals surface area (Å²) < 4.78 is 33.9. The molecule has 2 saturated heterocycles. The van der Waals surface area contributed by atoms with Crippen molar-refractivity contribution in [3.05, 3.63) is 23.8 Å². The van der Waals surface area contributed by atoms with Gasteiger partial charge in [0.25, 0.3) is 11.8 Å². The van der Waals surface area contributed by atoms with Crippen LogP contribution in [0.25, 0.3) is 0 Å². The number of carbonyl (C=O) groups excluding carboxylic acids is 3. The Bertz CT molecular complexity index is 1180. The van der Waals surface area contributed by atoms with Crippen molar-refractivity contribution in [2.45, 2.75) is 44.6 Å². The van der Waals surface area contributed by atoms with Crippen molar-refractivity contribution in [2.24, 2.45) is 5.10 Å². The molecule has 0 unspecified atom stereocenters. The Balaban J connectivity index is 1.69. The summed E-state index contributed by atoms with van der Waals surface area (Å²) in [5.41, 5.74) is 0.212. The molecule has 4 rings (SSSR count). The molecular formula is C23H32N6O6S. The van der Waals surface area contributed by atoms with E-state index in [1.807, 2.05) is 13.8 Å². The molecule has 0 spiro atoms. The Morgan fingerprint density at radius 1 is 1.08 bits per heavy atom. The number of amidine groups is 1. The molecule has 3 aliphatic heterocycles. The molecule has 0 radical (unpaired) electrons. The minimum atomic E-state index is -3.82. The fraction of sp³-hybridized carbons (Fsp3) is 0.565. The number of hydrogen-bond acceptors (Lipinski definition) is 8. The molecule has 13 heteroatoms. The van der Waals surface area contributed by atoms with Crippen molar-refractivity contribution in [3.8, 4) is 5.75 Å². The van der Waals surface area contributed by atoms with Crippen molar-refractivity contribution in [3.63, 3.8) is 0 Å². The standard InChI is InChI=1S/C23H32N6O6S/c1-4-7-10-28-22(31)19-21(30)24-20(25-29(19)23(28)32)17-15-16(8-9-18(17)35-6-3)36(33,34)27-13-11-26(5-2)12-14-27/h8-9,15,19H,4-7,10-14H2,1-3H3,(H,24,25,30)/t19-/m1/s1. The van der Waals surface area contributed by atoms with Gasteiger partial charge in [0.15, 0.2) is 5.84 Å². The van der Waals surface area contributed by atoms with E-state index in [-0.39, 0.29) is 29.4 Å². The number of urea groups is 1. The zero-order valence-corrected chi connectivity index (χ0v) is 21.6. The summed E-state index contributed by atoms with van der Waals surface area (Å²) in [6.45, 7) is 9.10. The largest absolute Gasteiger partial charge is 0.493 e. The summed E-state index contributed by atoms with van der Waals surface area (Å²) in [6, 6.07) is 2.31. The smallest absolute Gasteiger partial charge is 0.348 e. The van der Waals surface area contributed by atoms with E-state index in [0.717, 1.165) is 22.9 Å². The van der Waals surface area contributed by atoms with Crippen molar-refractivity contribution >= 4 is 33.7 Å². The van der Waals surface area contributed by atoms with Gasteiger partial charge in [0.2, 0.25) is 16.1 Å². The molecule has 196 valence electrons. The second-order valence-corrected chi connectivity index (χ2v) is 10.7. The lowest BCUT2D eigenvalue weighted by atomic mass is 10.1. The van der Waals surface area contributed by atoms with Crippen LogP contribution in [0.2, 0.25) is 0 Å². The summed E-state index contributed by atoms with van der Waals surface area (Å²) in [7, 11) is -3.82. The first-order chi connectivity index (χ1) is 17.2. The molecule has 1 N–H and O–H groups in total. The maximum absolute atomic E-state index is 13.4. The van der Waals surface area contributed by atoms with E-state index in [9.17, 15) is 22.8 Å². The third-order valence-electron chi connectivity index (χ3n) is 6.53. The van der Waals surface area contributed by atoms with E-state index >= 15 is 0 Å². The third kappa shape index (κ3) is 4.70. The number of hydrogen-bond donors (Lipinski definition) is 1. The lowest BCUT2D eigenvalue weighted by molar-refractivity contribution is -0.135. The van der Waals surface area contributed by atoms with Crippen molar-refractivity contribution in [2.75, 3.05) is 45.9 Å². The van der Waals surface area contributed by atoms with Gasteiger partial charge in [-0.15, -0.1) is 5.10 Å². The lowest BCUT2D eigenvalue weighted by Gasteiger charge is -2.33. The van der Waals surface area contributed by atoms with Crippen LogP contribution in [-0.2, 0) is 19.6 Å². The van der Waals surface area contributed by atoms with Crippen molar-refractivity contribution < 1.29 is 27.5 Å². The highest BCUT2D eigenvalue weighted by Crippen LogP contribution is 2.29. The van der Waals surface area contributed by atoms with Gasteiger partial charge in [-0.3, -0.25) is 14.5 Å². The molecule has 2 fully saturated rings. The van der Waals surface area contributed by atoms with Crippen LogP contribution in [0.4, 0.5) is 4.79 Å². The number of benzene rings is 1. The predicted molar refractivity (Wildman–Crippen MR) is 131 cm³/mol. The molecule has 1 atom stereocenters. The molecule has 1 aromatic carbocycles. The molecule has 0 aliphatic carbocycles. The van der Waals surface area contributed by atoms with Crippen LogP contribution < -0.4 is 10.1 Å². The normalized spacial score (nSPS) is 21.5. The fourth-order valence-electron chi connectivity index (χ4n) is 4.44. The van der Waals surface area contributed by atoms with E-state index in [2.05, 4.69) is 15.3 Å². The molecule has 0 saturated carbocycles. The zero-order valence-electron chi connectivity index (χ0n) is 20.8. The van der Waals surface area contributed by atoms with Crippen LogP contribution in [-0.4, -0.2) is 103 Å². The van der Waals surface area contributed by atoms with Crippen molar-refractivity contribution in [1.82, 2.24) is 24.4 Å². The topological polar surface area (TPSA) is 132 Å². The maximum atomic E-state index is 13.4. The highest BCUT2D eigenvalue weighted by molar-refractivity contribution is 7.89. The SMILES string of the molecule is CCCCN1C(=O)[C@H]2C(=O)NC(c3cc(S(=O)(=O)N4CCN(CC)CC4)ccc3OCC)=NN2C1=O. The van der Waals surface area contributed by atoms with E-state index < -0.39 is 33.9 Å². The number of nitrogens with one attached hydrogen (secondary N) is 1. The predicted octanol–water partition coefficient (Wildman–Crippen LogP) is 0.636. The average Bonchev–Trinajstić information content (AvgIpc) is 3.12. The molecule has 4 amide bonds. The first kappa shape index (κ1) is 26.0. The molecule has 12 nitrogen and oxygen atoms in total. The molecular weight excluding hydrogens is 488 g/mol. The minimum Gasteiger partial charge on any atom is -0.493 e. The highest BCUT2D eigenvalue weighted by atomic mass is 32.2. The van der Waals surface area contributed by atoms with Crippen LogP contribution in [0.15, 0.2) is 28.2 Å². The van der Waals surface area contributed by atoms with E-state index in [1.165, 1.54) is 22.5 Å². The summed E-state index contributed by atoms with van der Waals surface area (Å²) >= 11 is 0. The lowest BCUT2D eigenvalue weighted by Crippen LogP contribution is -2.52. The Hall–Kier alpha value is -3.03. The second-order valence-electron chi connectivity index (χ2n) is 8.74. The second kappa shape index (κ2) is 10.5. The van der Waals surface area contributed by atoms with E-state index in [0.29, 0.717) is 38.3 Å². The number of nitrogens with zero attached hydrogens (tertiary/aromatic N) is 5.